The van der Waals surface area contributed by atoms with Gasteiger partial charge >= 0.3 is 0 Å². The molecule has 0 N–H and O–H groups in total. The first-order chi connectivity index (χ1) is 11.7. The van der Waals surface area contributed by atoms with Gasteiger partial charge in [-0.15, -0.1) is 11.8 Å². The Labute approximate surface area is 146 Å². The Bertz CT molecular complexity index is 709. The van der Waals surface area contributed by atoms with Gasteiger partial charge in [-0.3, -0.25) is 9.78 Å². The second kappa shape index (κ2) is 7.57. The lowest BCUT2D eigenvalue weighted by Crippen LogP contribution is -2.36. The number of nitrogens with zero attached hydrogens (tertiary/aromatic N) is 2. The molecule has 6 heteroatoms. The number of methoxy groups -OCH3 is 2. The Hall–Kier alpha value is -2.21. The normalized spacial score (nSPS) is 17.7. The van der Waals surface area contributed by atoms with Crippen LogP contribution in [0.25, 0.3) is 0 Å². The zero-order valence-electron chi connectivity index (χ0n) is 13.8. The molecule has 0 bridgehead atoms. The summed E-state index contributed by atoms with van der Waals surface area (Å²) in [5.41, 5.74) is 2.12. The van der Waals surface area contributed by atoms with Crippen LogP contribution < -0.4 is 9.47 Å². The molecule has 0 saturated carbocycles. The lowest BCUT2D eigenvalue weighted by Gasteiger charge is -2.35. The van der Waals surface area contributed by atoms with Gasteiger partial charge in [0.2, 0.25) is 5.91 Å². The molecule has 24 heavy (non-hydrogen) atoms. The number of carbonyl (C=O) groups excluding carboxylic acids is 1. The molecule has 0 radical (unpaired) electrons. The molecule has 1 unspecified atom stereocenters. The number of carbonyl (C=O) groups is 1. The molecule has 1 atom stereocenters. The van der Waals surface area contributed by atoms with Gasteiger partial charge in [0.15, 0.2) is 11.5 Å². The van der Waals surface area contributed by atoms with Gasteiger partial charge in [0.25, 0.3) is 0 Å². The number of hydrogen-bond acceptors (Lipinski definition) is 5. The minimum atomic E-state index is -0.0285. The summed E-state index contributed by atoms with van der Waals surface area (Å²) in [6, 6.07) is 9.72. The maximum absolute atomic E-state index is 12.5. The van der Waals surface area contributed by atoms with E-state index in [-0.39, 0.29) is 11.3 Å². The van der Waals surface area contributed by atoms with E-state index in [2.05, 4.69) is 4.98 Å². The molecule has 0 aliphatic carbocycles. The van der Waals surface area contributed by atoms with Crippen LogP contribution in [0.1, 0.15) is 22.9 Å². The summed E-state index contributed by atoms with van der Waals surface area (Å²) >= 11 is 1.77. The zero-order valence-corrected chi connectivity index (χ0v) is 14.6. The van der Waals surface area contributed by atoms with Crippen LogP contribution in [0.5, 0.6) is 11.5 Å². The zero-order chi connectivity index (χ0) is 16.9. The Morgan fingerprint density at radius 3 is 2.62 bits per heavy atom. The number of aromatic nitrogens is 1. The van der Waals surface area contributed by atoms with Crippen molar-refractivity contribution in [3.05, 3.63) is 53.9 Å². The van der Waals surface area contributed by atoms with E-state index in [1.54, 1.807) is 38.4 Å². The second-order valence-corrected chi connectivity index (χ2v) is 6.65. The summed E-state index contributed by atoms with van der Waals surface area (Å²) < 4.78 is 10.7. The van der Waals surface area contributed by atoms with Crippen molar-refractivity contribution in [2.45, 2.75) is 18.3 Å². The van der Waals surface area contributed by atoms with Crippen LogP contribution in [-0.4, -0.2) is 35.8 Å². The number of ether oxygens (including phenoxy) is 2. The molecule has 1 saturated heterocycles. The van der Waals surface area contributed by atoms with E-state index in [4.69, 9.17) is 9.47 Å². The number of pyridine rings is 1. The van der Waals surface area contributed by atoms with Gasteiger partial charge in [-0.05, 0) is 35.4 Å². The lowest BCUT2D eigenvalue weighted by molar-refractivity contribution is -0.132. The van der Waals surface area contributed by atoms with Crippen molar-refractivity contribution in [3.63, 3.8) is 0 Å². The van der Waals surface area contributed by atoms with Crippen LogP contribution >= 0.6 is 11.8 Å². The highest BCUT2D eigenvalue weighted by Gasteiger charge is 2.30. The quantitative estimate of drug-likeness (QED) is 0.833. The van der Waals surface area contributed by atoms with Gasteiger partial charge in [-0.2, -0.15) is 0 Å². The van der Waals surface area contributed by atoms with Crippen molar-refractivity contribution in [2.75, 3.05) is 20.0 Å². The Kier molecular flexibility index (Phi) is 5.25. The van der Waals surface area contributed by atoms with E-state index in [9.17, 15) is 4.79 Å². The van der Waals surface area contributed by atoms with E-state index >= 15 is 0 Å². The van der Waals surface area contributed by atoms with Crippen LogP contribution in [0.4, 0.5) is 0 Å². The van der Waals surface area contributed by atoms with Gasteiger partial charge in [0.1, 0.15) is 5.37 Å². The summed E-state index contributed by atoms with van der Waals surface area (Å²) in [6.07, 6.45) is 4.07. The van der Waals surface area contributed by atoms with Gasteiger partial charge in [-0.25, -0.2) is 0 Å². The third-order valence-electron chi connectivity index (χ3n) is 3.99. The first-order valence-corrected chi connectivity index (χ1v) is 8.79. The van der Waals surface area contributed by atoms with Gasteiger partial charge in [0.05, 0.1) is 14.2 Å². The van der Waals surface area contributed by atoms with Gasteiger partial charge in [0, 0.05) is 31.1 Å². The Morgan fingerprint density at radius 2 is 1.92 bits per heavy atom. The van der Waals surface area contributed by atoms with Crippen molar-refractivity contribution < 1.29 is 14.3 Å². The first kappa shape index (κ1) is 16.6. The number of rotatable bonds is 5. The Morgan fingerprint density at radius 1 is 1.17 bits per heavy atom. The van der Waals surface area contributed by atoms with Crippen LogP contribution in [0, 0.1) is 0 Å². The third-order valence-corrected chi connectivity index (χ3v) is 5.27. The molecule has 3 rings (SSSR count). The monoisotopic (exact) mass is 344 g/mol. The molecule has 2 aromatic rings. The van der Waals surface area contributed by atoms with Crippen molar-refractivity contribution in [1.29, 1.82) is 0 Å². The molecule has 0 spiro atoms. The molecular formula is C18H20N2O3S. The highest BCUT2D eigenvalue weighted by atomic mass is 32.2. The number of amides is 1. The standard InChI is InChI=1S/C18H20N2O3S/c1-22-15-4-3-14(11-16(15)23-2)18-20(17(21)7-10-24-18)12-13-5-8-19-9-6-13/h3-6,8-9,11,18H,7,10,12H2,1-2H3. The second-order valence-electron chi connectivity index (χ2n) is 5.46. The lowest BCUT2D eigenvalue weighted by atomic mass is 10.1. The average Bonchev–Trinajstić information content (AvgIpc) is 2.63. The van der Waals surface area contributed by atoms with Crippen LogP contribution in [0.15, 0.2) is 42.7 Å². The molecule has 126 valence electrons. The SMILES string of the molecule is COc1ccc(C2SCCC(=O)N2Cc2ccncc2)cc1OC. The summed E-state index contributed by atoms with van der Waals surface area (Å²) in [7, 11) is 3.24. The third kappa shape index (κ3) is 3.48. The van der Waals surface area contributed by atoms with Crippen molar-refractivity contribution in [2.24, 2.45) is 0 Å². The van der Waals surface area contributed by atoms with E-state index in [0.29, 0.717) is 24.5 Å². The van der Waals surface area contributed by atoms with Crippen molar-refractivity contribution >= 4 is 17.7 Å². The molecule has 1 aliphatic rings. The predicted molar refractivity (Wildman–Crippen MR) is 94.1 cm³/mol. The predicted octanol–water partition coefficient (Wildman–Crippen LogP) is 3.26. The topological polar surface area (TPSA) is 51.7 Å². The van der Waals surface area contributed by atoms with Crippen LogP contribution in [-0.2, 0) is 11.3 Å². The molecule has 5 nitrogen and oxygen atoms in total. The van der Waals surface area contributed by atoms with Crippen LogP contribution in [0.3, 0.4) is 0 Å². The van der Waals surface area contributed by atoms with E-state index in [0.717, 1.165) is 16.9 Å². The summed E-state index contributed by atoms with van der Waals surface area (Å²) in [5.74, 6) is 2.36. The molecular weight excluding hydrogens is 324 g/mol. The minimum Gasteiger partial charge on any atom is -0.493 e. The molecule has 1 aromatic carbocycles. The average molecular weight is 344 g/mol. The highest BCUT2D eigenvalue weighted by molar-refractivity contribution is 7.99. The summed E-state index contributed by atoms with van der Waals surface area (Å²) in [6.45, 7) is 0.577. The fourth-order valence-electron chi connectivity index (χ4n) is 2.76. The number of benzene rings is 1. The smallest absolute Gasteiger partial charge is 0.224 e. The number of thioether (sulfide) groups is 1. The van der Waals surface area contributed by atoms with Crippen molar-refractivity contribution in [1.82, 2.24) is 9.88 Å². The summed E-state index contributed by atoms with van der Waals surface area (Å²) in [4.78, 5) is 18.5. The van der Waals surface area contributed by atoms with Gasteiger partial charge in [-0.1, -0.05) is 6.07 Å². The van der Waals surface area contributed by atoms with E-state index < -0.39 is 0 Å². The van der Waals surface area contributed by atoms with Crippen LogP contribution in [0.2, 0.25) is 0 Å². The first-order valence-electron chi connectivity index (χ1n) is 7.75. The fraction of sp³-hybridized carbons (Fsp3) is 0.333. The molecule has 1 fully saturated rings. The molecule has 1 aliphatic heterocycles. The highest BCUT2D eigenvalue weighted by Crippen LogP contribution is 2.41. The largest absolute Gasteiger partial charge is 0.493 e. The summed E-state index contributed by atoms with van der Waals surface area (Å²) in [5, 5.41) is -0.0285. The molecule has 2 heterocycles. The fourth-order valence-corrected chi connectivity index (χ4v) is 3.99. The minimum absolute atomic E-state index is 0.0285. The van der Waals surface area contributed by atoms with E-state index in [1.807, 2.05) is 35.2 Å². The maximum Gasteiger partial charge on any atom is 0.224 e. The molecule has 1 aromatic heterocycles. The maximum atomic E-state index is 12.5. The molecule has 1 amide bonds. The van der Waals surface area contributed by atoms with Gasteiger partial charge < -0.3 is 14.4 Å². The Balaban J connectivity index is 1.90. The van der Waals surface area contributed by atoms with Crippen molar-refractivity contribution in [3.8, 4) is 11.5 Å². The number of hydrogen-bond donors (Lipinski definition) is 0. The van der Waals surface area contributed by atoms with E-state index in [1.165, 1.54) is 0 Å².